The average molecular weight is 201 g/mol. The minimum absolute atomic E-state index is 0. The summed E-state index contributed by atoms with van der Waals surface area (Å²) in [5.74, 6) is 0. The van der Waals surface area contributed by atoms with E-state index in [4.69, 9.17) is 0 Å². The van der Waals surface area contributed by atoms with Crippen LogP contribution in [0.1, 0.15) is 0 Å². The number of rotatable bonds is 0. The van der Waals surface area contributed by atoms with Crippen LogP contribution in [0.3, 0.4) is 0 Å². The van der Waals surface area contributed by atoms with Crippen LogP contribution in [-0.2, 0) is 0 Å². The SMILES string of the molecule is Sc1nnnc(S)c1S.[NaH]. The van der Waals surface area contributed by atoms with Gasteiger partial charge in [0, 0.05) is 0 Å². The predicted molar refractivity (Wildman–Crippen MR) is 48.7 cm³/mol. The van der Waals surface area contributed by atoms with E-state index >= 15 is 0 Å². The molecule has 0 N–H and O–H groups in total. The number of aromatic nitrogens is 3. The molecule has 0 unspecified atom stereocenters. The van der Waals surface area contributed by atoms with Crippen molar-refractivity contribution in [1.29, 1.82) is 0 Å². The van der Waals surface area contributed by atoms with Crippen molar-refractivity contribution in [2.75, 3.05) is 0 Å². The first-order chi connectivity index (χ1) is 4.22. The van der Waals surface area contributed by atoms with E-state index in [9.17, 15) is 0 Å². The van der Waals surface area contributed by atoms with E-state index in [0.29, 0.717) is 14.9 Å². The summed E-state index contributed by atoms with van der Waals surface area (Å²) >= 11 is 11.9. The molecule has 0 radical (unpaired) electrons. The van der Waals surface area contributed by atoms with Crippen LogP contribution in [0.2, 0.25) is 0 Å². The van der Waals surface area contributed by atoms with E-state index in [1.165, 1.54) is 0 Å². The third-order valence-electron chi connectivity index (χ3n) is 0.702. The zero-order valence-corrected chi connectivity index (χ0v) is 6.87. The average Bonchev–Trinajstić information content (AvgIpc) is 1.83. The molecule has 50 valence electrons. The molecule has 10 heavy (non-hydrogen) atoms. The molecule has 0 amide bonds. The van der Waals surface area contributed by atoms with Gasteiger partial charge >= 0.3 is 29.6 Å². The molecule has 1 aromatic heterocycles. The zero-order chi connectivity index (χ0) is 6.85. The second-order valence-electron chi connectivity index (χ2n) is 1.29. The summed E-state index contributed by atoms with van der Waals surface area (Å²) in [6.07, 6.45) is 0. The molecule has 0 fully saturated rings. The van der Waals surface area contributed by atoms with Gasteiger partial charge in [0.2, 0.25) is 0 Å². The molecule has 0 atom stereocenters. The topological polar surface area (TPSA) is 38.7 Å². The van der Waals surface area contributed by atoms with Gasteiger partial charge in [0.1, 0.15) is 10.1 Å². The van der Waals surface area contributed by atoms with Crippen molar-refractivity contribution in [2.24, 2.45) is 0 Å². The quantitative estimate of drug-likeness (QED) is 0.411. The summed E-state index contributed by atoms with van der Waals surface area (Å²) in [6.45, 7) is 0. The summed E-state index contributed by atoms with van der Waals surface area (Å²) in [7, 11) is 0. The Kier molecular flexibility index (Phi) is 5.35. The molecule has 0 aliphatic rings. The summed E-state index contributed by atoms with van der Waals surface area (Å²) in [6, 6.07) is 0. The minimum atomic E-state index is 0. The van der Waals surface area contributed by atoms with Crippen molar-refractivity contribution < 1.29 is 0 Å². The second-order valence-corrected chi connectivity index (χ2v) is 2.58. The van der Waals surface area contributed by atoms with Crippen molar-refractivity contribution in [3.05, 3.63) is 0 Å². The molecule has 0 aromatic carbocycles. The van der Waals surface area contributed by atoms with Crippen LogP contribution in [0, 0.1) is 0 Å². The third kappa shape index (κ3) is 2.60. The molecule has 0 spiro atoms. The van der Waals surface area contributed by atoms with Gasteiger partial charge in [0.25, 0.3) is 0 Å². The van der Waals surface area contributed by atoms with Gasteiger partial charge in [-0.05, 0) is 5.21 Å². The molecule has 1 heterocycles. The fraction of sp³-hybridized carbons (Fsp3) is 0. The fourth-order valence-electron chi connectivity index (χ4n) is 0.302. The molecule has 0 saturated heterocycles. The van der Waals surface area contributed by atoms with Gasteiger partial charge in [-0.1, -0.05) is 0 Å². The molecule has 1 aromatic rings. The van der Waals surface area contributed by atoms with Gasteiger partial charge < -0.3 is 0 Å². The van der Waals surface area contributed by atoms with E-state index in [-0.39, 0.29) is 29.6 Å². The normalized spacial score (nSPS) is 8.70. The molecule has 1 rings (SSSR count). The van der Waals surface area contributed by atoms with Gasteiger partial charge in [-0.3, -0.25) is 0 Å². The van der Waals surface area contributed by atoms with Crippen LogP contribution in [0.15, 0.2) is 14.9 Å². The third-order valence-corrected chi connectivity index (χ3v) is 2.10. The number of hydrogen-bond acceptors (Lipinski definition) is 6. The Hall–Kier alpha value is 1.06. The Balaban J connectivity index is 0.000000810. The molecule has 0 bridgehead atoms. The van der Waals surface area contributed by atoms with Gasteiger partial charge in [0.15, 0.2) is 0 Å². The van der Waals surface area contributed by atoms with E-state index in [1.807, 2.05) is 0 Å². The van der Waals surface area contributed by atoms with Crippen molar-refractivity contribution in [3.63, 3.8) is 0 Å². The van der Waals surface area contributed by atoms with Crippen LogP contribution in [0.5, 0.6) is 0 Å². The summed E-state index contributed by atoms with van der Waals surface area (Å²) in [5.41, 5.74) is 0. The van der Waals surface area contributed by atoms with Crippen molar-refractivity contribution in [2.45, 2.75) is 14.9 Å². The predicted octanol–water partition coefficient (Wildman–Crippen LogP) is 0.0892. The van der Waals surface area contributed by atoms with Crippen molar-refractivity contribution >= 4 is 67.4 Å². The monoisotopic (exact) mass is 201 g/mol. The molecule has 7 heteroatoms. The summed E-state index contributed by atoms with van der Waals surface area (Å²) < 4.78 is 0. The van der Waals surface area contributed by atoms with Crippen LogP contribution in [0.4, 0.5) is 0 Å². The first-order valence-corrected chi connectivity index (χ1v) is 3.36. The number of thiol groups is 3. The Morgan fingerprint density at radius 1 is 0.900 bits per heavy atom. The Labute approximate surface area is 96.9 Å². The summed E-state index contributed by atoms with van der Waals surface area (Å²) in [5, 5.41) is 11.3. The summed E-state index contributed by atoms with van der Waals surface area (Å²) in [4.78, 5) is 0.552. The second kappa shape index (κ2) is 4.84. The van der Waals surface area contributed by atoms with Crippen LogP contribution < -0.4 is 0 Å². The number of hydrogen-bond donors (Lipinski definition) is 3. The number of nitrogens with zero attached hydrogens (tertiary/aromatic N) is 3. The van der Waals surface area contributed by atoms with E-state index in [1.54, 1.807) is 0 Å². The molecule has 0 aliphatic carbocycles. The fourth-order valence-corrected chi connectivity index (χ4v) is 0.771. The molecular formula is C3H4N3NaS3. The van der Waals surface area contributed by atoms with Gasteiger partial charge in [0.05, 0.1) is 4.90 Å². The first-order valence-electron chi connectivity index (χ1n) is 2.02. The maximum atomic E-state index is 3.99. The van der Waals surface area contributed by atoms with E-state index in [0.717, 1.165) is 0 Å². The van der Waals surface area contributed by atoms with E-state index < -0.39 is 0 Å². The van der Waals surface area contributed by atoms with Crippen LogP contribution >= 0.6 is 37.9 Å². The molecule has 0 saturated carbocycles. The Morgan fingerprint density at radius 3 is 1.60 bits per heavy atom. The standard InChI is InChI=1S/C3H3N3S3.Na.H/c7-1-2(8)4-6-5-3(1)9;;/h(H,6,7)(H2,4,5,8,9);;. The van der Waals surface area contributed by atoms with Crippen LogP contribution in [-0.4, -0.2) is 45.0 Å². The van der Waals surface area contributed by atoms with Crippen molar-refractivity contribution in [1.82, 2.24) is 15.4 Å². The maximum absolute atomic E-state index is 3.99. The van der Waals surface area contributed by atoms with Crippen LogP contribution in [0.25, 0.3) is 0 Å². The Morgan fingerprint density at radius 2 is 1.30 bits per heavy atom. The van der Waals surface area contributed by atoms with Crippen molar-refractivity contribution in [3.8, 4) is 0 Å². The molecule has 3 nitrogen and oxygen atoms in total. The zero-order valence-electron chi connectivity index (χ0n) is 4.18. The van der Waals surface area contributed by atoms with Gasteiger partial charge in [-0.2, -0.15) is 0 Å². The molecular weight excluding hydrogens is 197 g/mol. The van der Waals surface area contributed by atoms with Gasteiger partial charge in [-0.25, -0.2) is 0 Å². The van der Waals surface area contributed by atoms with E-state index in [2.05, 4.69) is 53.3 Å². The Bertz CT molecular complexity index is 210. The van der Waals surface area contributed by atoms with Gasteiger partial charge in [-0.15, -0.1) is 48.1 Å². The molecule has 0 aliphatic heterocycles. The first kappa shape index (κ1) is 11.1.